The maximum Gasteiger partial charge on any atom is 0.433 e. The van der Waals surface area contributed by atoms with Crippen LogP contribution in [0.15, 0.2) is 36.7 Å². The van der Waals surface area contributed by atoms with E-state index in [9.17, 15) is 18.0 Å². The molecule has 30 heavy (non-hydrogen) atoms. The number of alkyl halides is 3. The molecule has 2 unspecified atom stereocenters. The number of morpholine rings is 1. The van der Waals surface area contributed by atoms with Gasteiger partial charge in [-0.25, -0.2) is 4.98 Å². The second kappa shape index (κ2) is 8.57. The molecule has 2 aliphatic rings. The van der Waals surface area contributed by atoms with Crippen molar-refractivity contribution in [3.8, 4) is 5.88 Å². The largest absolute Gasteiger partial charge is 0.476 e. The average Bonchev–Trinajstić information content (AvgIpc) is 3.18. The highest BCUT2D eigenvalue weighted by atomic mass is 19.4. The van der Waals surface area contributed by atoms with Gasteiger partial charge in [0.1, 0.15) is 18.2 Å². The number of carbonyl (C=O) groups is 1. The third-order valence-electron chi connectivity index (χ3n) is 5.30. The molecule has 2 aliphatic heterocycles. The molecule has 0 saturated carbocycles. The van der Waals surface area contributed by atoms with Crippen molar-refractivity contribution in [2.75, 3.05) is 39.5 Å². The normalized spacial score (nSPS) is 20.3. The lowest BCUT2D eigenvalue weighted by atomic mass is 10.0. The molecule has 2 aromatic rings. The Balaban J connectivity index is 1.49. The van der Waals surface area contributed by atoms with E-state index in [0.717, 1.165) is 11.6 Å². The highest BCUT2D eigenvalue weighted by Gasteiger charge is 2.34. The van der Waals surface area contributed by atoms with Gasteiger partial charge in [0.05, 0.1) is 19.3 Å². The van der Waals surface area contributed by atoms with Crippen molar-refractivity contribution in [3.63, 3.8) is 0 Å². The standard InChI is InChI=1S/C20H21F3N4O3/c21-20(22,23)17-4-3-13(10-25-17)16(27-6-8-29-9-7-27)11-26-18(28)15-12-30-19-14(15)2-1-5-24-19/h1-5,10,15-16H,6-9,11-12H2,(H,26,28). The fourth-order valence-electron chi connectivity index (χ4n) is 3.70. The number of ether oxygens (including phenoxy) is 2. The van der Waals surface area contributed by atoms with E-state index in [2.05, 4.69) is 20.2 Å². The predicted molar refractivity (Wildman–Crippen MR) is 99.9 cm³/mol. The summed E-state index contributed by atoms with van der Waals surface area (Å²) in [5, 5.41) is 2.93. The van der Waals surface area contributed by atoms with Crippen molar-refractivity contribution < 1.29 is 27.4 Å². The number of amides is 1. The first-order valence-corrected chi connectivity index (χ1v) is 9.64. The van der Waals surface area contributed by atoms with Crippen LogP contribution in [0, 0.1) is 0 Å². The van der Waals surface area contributed by atoms with Crippen molar-refractivity contribution in [2.24, 2.45) is 0 Å². The molecule has 0 aliphatic carbocycles. The van der Waals surface area contributed by atoms with E-state index >= 15 is 0 Å². The Bertz CT molecular complexity index is 886. The van der Waals surface area contributed by atoms with E-state index in [1.807, 2.05) is 0 Å². The minimum absolute atomic E-state index is 0.208. The molecule has 4 heterocycles. The fourth-order valence-corrected chi connectivity index (χ4v) is 3.70. The van der Waals surface area contributed by atoms with Crippen LogP contribution in [0.2, 0.25) is 0 Å². The Labute approximate surface area is 171 Å². The summed E-state index contributed by atoms with van der Waals surface area (Å²) >= 11 is 0. The van der Waals surface area contributed by atoms with Crippen LogP contribution in [0.1, 0.15) is 28.8 Å². The van der Waals surface area contributed by atoms with E-state index in [1.54, 1.807) is 18.3 Å². The lowest BCUT2D eigenvalue weighted by Crippen LogP contribution is -2.44. The summed E-state index contributed by atoms with van der Waals surface area (Å²) in [4.78, 5) is 22.6. The van der Waals surface area contributed by atoms with Gasteiger partial charge in [-0.3, -0.25) is 14.7 Å². The predicted octanol–water partition coefficient (Wildman–Crippen LogP) is 2.16. The van der Waals surface area contributed by atoms with Crippen LogP contribution in [0.4, 0.5) is 13.2 Å². The van der Waals surface area contributed by atoms with Gasteiger partial charge >= 0.3 is 6.18 Å². The van der Waals surface area contributed by atoms with Crippen LogP contribution < -0.4 is 10.1 Å². The minimum atomic E-state index is -4.49. The molecule has 7 nitrogen and oxygen atoms in total. The Morgan fingerprint density at radius 3 is 2.73 bits per heavy atom. The lowest BCUT2D eigenvalue weighted by Gasteiger charge is -2.35. The van der Waals surface area contributed by atoms with E-state index < -0.39 is 17.8 Å². The van der Waals surface area contributed by atoms with Crippen LogP contribution >= 0.6 is 0 Å². The zero-order valence-corrected chi connectivity index (χ0v) is 16.1. The van der Waals surface area contributed by atoms with Crippen LogP contribution in [-0.2, 0) is 15.7 Å². The molecule has 2 aromatic heterocycles. The lowest BCUT2D eigenvalue weighted by molar-refractivity contribution is -0.141. The summed E-state index contributed by atoms with van der Waals surface area (Å²) in [6, 6.07) is 5.62. The second-order valence-electron chi connectivity index (χ2n) is 7.15. The molecule has 0 spiro atoms. The number of aromatic nitrogens is 2. The molecule has 0 radical (unpaired) electrons. The number of nitrogens with one attached hydrogen (secondary N) is 1. The molecule has 160 valence electrons. The third kappa shape index (κ3) is 4.39. The second-order valence-corrected chi connectivity index (χ2v) is 7.15. The molecule has 1 N–H and O–H groups in total. The van der Waals surface area contributed by atoms with Crippen LogP contribution in [0.5, 0.6) is 5.88 Å². The van der Waals surface area contributed by atoms with Crippen molar-refractivity contribution in [3.05, 3.63) is 53.5 Å². The third-order valence-corrected chi connectivity index (χ3v) is 5.30. The SMILES string of the molecule is O=C(NCC(c1ccc(C(F)(F)F)nc1)N1CCOCC1)C1COc2ncccc21. The summed E-state index contributed by atoms with van der Waals surface area (Å²) in [5.74, 6) is -0.223. The molecule has 0 aromatic carbocycles. The zero-order chi connectivity index (χ0) is 21.1. The van der Waals surface area contributed by atoms with Gasteiger partial charge in [0.15, 0.2) is 0 Å². The maximum atomic E-state index is 12.9. The van der Waals surface area contributed by atoms with Gasteiger partial charge < -0.3 is 14.8 Å². The Morgan fingerprint density at radius 1 is 1.23 bits per heavy atom. The molecule has 1 fully saturated rings. The van der Waals surface area contributed by atoms with Gasteiger partial charge in [0.25, 0.3) is 0 Å². The molecule has 1 amide bonds. The van der Waals surface area contributed by atoms with Crippen LogP contribution in [0.25, 0.3) is 0 Å². The van der Waals surface area contributed by atoms with Gasteiger partial charge in [0, 0.05) is 37.6 Å². The molecular weight excluding hydrogens is 401 g/mol. The summed E-state index contributed by atoms with van der Waals surface area (Å²) in [6.07, 6.45) is -1.66. The Morgan fingerprint density at radius 2 is 2.03 bits per heavy atom. The molecule has 0 bridgehead atoms. The smallest absolute Gasteiger partial charge is 0.433 e. The first-order valence-electron chi connectivity index (χ1n) is 9.64. The number of hydrogen-bond donors (Lipinski definition) is 1. The highest BCUT2D eigenvalue weighted by Crippen LogP contribution is 2.32. The van der Waals surface area contributed by atoms with Crippen molar-refractivity contribution in [1.29, 1.82) is 0 Å². The van der Waals surface area contributed by atoms with Gasteiger partial charge in [-0.15, -0.1) is 0 Å². The maximum absolute atomic E-state index is 12.9. The first kappa shape index (κ1) is 20.5. The number of nitrogens with zero attached hydrogens (tertiary/aromatic N) is 3. The van der Waals surface area contributed by atoms with Crippen molar-refractivity contribution in [2.45, 2.75) is 18.1 Å². The van der Waals surface area contributed by atoms with E-state index in [4.69, 9.17) is 9.47 Å². The number of halogens is 3. The summed E-state index contributed by atoms with van der Waals surface area (Å²) in [6.45, 7) is 2.71. The van der Waals surface area contributed by atoms with Gasteiger partial charge in [0.2, 0.25) is 11.8 Å². The first-order chi connectivity index (χ1) is 14.4. The number of hydrogen-bond acceptors (Lipinski definition) is 6. The minimum Gasteiger partial charge on any atom is -0.476 e. The van der Waals surface area contributed by atoms with Gasteiger partial charge in [-0.2, -0.15) is 13.2 Å². The molecule has 4 rings (SSSR count). The van der Waals surface area contributed by atoms with Crippen molar-refractivity contribution in [1.82, 2.24) is 20.2 Å². The Hall–Kier alpha value is -2.72. The number of rotatable bonds is 5. The topological polar surface area (TPSA) is 76.6 Å². The van der Waals surface area contributed by atoms with E-state index in [-0.39, 0.29) is 25.1 Å². The number of carbonyl (C=O) groups excluding carboxylic acids is 1. The quantitative estimate of drug-likeness (QED) is 0.796. The monoisotopic (exact) mass is 422 g/mol. The summed E-state index contributed by atoms with van der Waals surface area (Å²) in [5.41, 5.74) is 0.396. The average molecular weight is 422 g/mol. The zero-order valence-electron chi connectivity index (χ0n) is 16.1. The molecule has 2 atom stereocenters. The Kier molecular flexibility index (Phi) is 5.87. The molecular formula is C20H21F3N4O3. The summed E-state index contributed by atoms with van der Waals surface area (Å²) < 4.78 is 49.4. The van der Waals surface area contributed by atoms with E-state index in [0.29, 0.717) is 37.7 Å². The summed E-state index contributed by atoms with van der Waals surface area (Å²) in [7, 11) is 0. The van der Waals surface area contributed by atoms with E-state index in [1.165, 1.54) is 12.3 Å². The molecule has 1 saturated heterocycles. The number of fused-ring (bicyclic) bond motifs is 1. The van der Waals surface area contributed by atoms with Crippen LogP contribution in [-0.4, -0.2) is 60.2 Å². The van der Waals surface area contributed by atoms with Crippen LogP contribution in [0.3, 0.4) is 0 Å². The fraction of sp³-hybridized carbons (Fsp3) is 0.450. The van der Waals surface area contributed by atoms with Gasteiger partial charge in [-0.05, 0) is 17.7 Å². The van der Waals surface area contributed by atoms with Gasteiger partial charge in [-0.1, -0.05) is 12.1 Å². The number of pyridine rings is 2. The highest BCUT2D eigenvalue weighted by molar-refractivity contribution is 5.85. The molecule has 10 heteroatoms. The van der Waals surface area contributed by atoms with Crippen molar-refractivity contribution >= 4 is 5.91 Å².